The second-order valence-electron chi connectivity index (χ2n) is 2.70. The summed E-state index contributed by atoms with van der Waals surface area (Å²) in [6.45, 7) is 0. The van der Waals surface area contributed by atoms with Gasteiger partial charge in [0.15, 0.2) is 6.10 Å². The quantitative estimate of drug-likeness (QED) is 0.339. The number of anilines is 1. The molecule has 0 aliphatic heterocycles. The number of aliphatic hydroxyl groups is 1. The van der Waals surface area contributed by atoms with Crippen molar-refractivity contribution in [3.63, 3.8) is 0 Å². The van der Waals surface area contributed by atoms with Crippen LogP contribution in [0.15, 0.2) is 18.2 Å². The van der Waals surface area contributed by atoms with Crippen molar-refractivity contribution in [1.29, 1.82) is 0 Å². The van der Waals surface area contributed by atoms with E-state index in [1.54, 1.807) is 0 Å². The fourth-order valence-electron chi connectivity index (χ4n) is 1.02. The number of hydrogen-bond donors (Lipinski definition) is 5. The fourth-order valence-corrected chi connectivity index (χ4v) is 1.02. The van der Waals surface area contributed by atoms with Gasteiger partial charge in [-0.05, 0) is 17.7 Å². The van der Waals surface area contributed by atoms with Gasteiger partial charge in [0.2, 0.25) is 0 Å². The average molecular weight is 198 g/mol. The summed E-state index contributed by atoms with van der Waals surface area (Å²) in [5.41, 5.74) is 2.62. The molecule has 76 valence electrons. The molecule has 1 aromatic carbocycles. The number of aliphatic hydroxyl groups excluding tert-OH is 1. The molecule has 1 unspecified atom stereocenters. The van der Waals surface area contributed by atoms with Crippen molar-refractivity contribution in [3.05, 3.63) is 23.8 Å². The zero-order valence-corrected chi connectivity index (χ0v) is 7.14. The van der Waals surface area contributed by atoms with Gasteiger partial charge in [-0.25, -0.2) is 4.79 Å². The van der Waals surface area contributed by atoms with Crippen LogP contribution in [-0.4, -0.2) is 21.3 Å². The predicted molar refractivity (Wildman–Crippen MR) is 48.5 cm³/mol. The van der Waals surface area contributed by atoms with Crippen LogP contribution in [0.3, 0.4) is 0 Å². The maximum absolute atomic E-state index is 10.4. The van der Waals surface area contributed by atoms with E-state index < -0.39 is 12.1 Å². The van der Waals surface area contributed by atoms with Crippen molar-refractivity contribution in [2.75, 3.05) is 5.43 Å². The van der Waals surface area contributed by atoms with Crippen LogP contribution in [0.1, 0.15) is 11.7 Å². The zero-order valence-electron chi connectivity index (χ0n) is 7.14. The van der Waals surface area contributed by atoms with Crippen LogP contribution in [0.5, 0.6) is 5.75 Å². The van der Waals surface area contributed by atoms with E-state index in [0.717, 1.165) is 6.07 Å². The normalized spacial score (nSPS) is 12.1. The van der Waals surface area contributed by atoms with Crippen LogP contribution in [-0.2, 0) is 4.79 Å². The Bertz CT molecular complexity index is 353. The molecule has 14 heavy (non-hydrogen) atoms. The van der Waals surface area contributed by atoms with Gasteiger partial charge >= 0.3 is 5.97 Å². The van der Waals surface area contributed by atoms with Crippen LogP contribution >= 0.6 is 0 Å². The Hall–Kier alpha value is -1.79. The number of aromatic hydroxyl groups is 1. The summed E-state index contributed by atoms with van der Waals surface area (Å²) in [5.74, 6) is 3.51. The minimum Gasteiger partial charge on any atom is -0.508 e. The predicted octanol–water partition coefficient (Wildman–Crippen LogP) is -0.204. The number of carboxylic acid groups (broad SMARTS) is 1. The number of nitrogen functional groups attached to an aromatic ring is 1. The number of phenolic OH excluding ortho intramolecular Hbond substituents is 1. The average Bonchev–Trinajstić information content (AvgIpc) is 2.15. The summed E-state index contributed by atoms with van der Waals surface area (Å²) in [4.78, 5) is 10.4. The standard InChI is InChI=1S/C8H10N2O4/c9-10-5-1-4(2-6(11)3-5)7(12)8(13)14/h1-3,7,10-12H,9H2,(H,13,14). The Balaban J connectivity index is 3.08. The number of benzene rings is 1. The Labute approximate surface area is 79.6 Å². The van der Waals surface area contributed by atoms with Gasteiger partial charge in [-0.15, -0.1) is 0 Å². The molecule has 1 aromatic rings. The number of nitrogens with two attached hydrogens (primary N) is 1. The maximum atomic E-state index is 10.4. The van der Waals surface area contributed by atoms with E-state index in [-0.39, 0.29) is 11.3 Å². The number of hydrazine groups is 1. The number of rotatable bonds is 3. The van der Waals surface area contributed by atoms with Crippen molar-refractivity contribution in [2.45, 2.75) is 6.10 Å². The summed E-state index contributed by atoms with van der Waals surface area (Å²) < 4.78 is 0. The van der Waals surface area contributed by atoms with E-state index in [4.69, 9.17) is 21.2 Å². The topological polar surface area (TPSA) is 116 Å². The number of nitrogens with one attached hydrogen (secondary N) is 1. The van der Waals surface area contributed by atoms with Crippen molar-refractivity contribution in [3.8, 4) is 5.75 Å². The second-order valence-corrected chi connectivity index (χ2v) is 2.70. The van der Waals surface area contributed by atoms with E-state index in [0.29, 0.717) is 5.69 Å². The highest BCUT2D eigenvalue weighted by molar-refractivity contribution is 5.75. The molecule has 6 nitrogen and oxygen atoms in total. The summed E-state index contributed by atoms with van der Waals surface area (Å²) in [5, 5.41) is 26.8. The van der Waals surface area contributed by atoms with Gasteiger partial charge < -0.3 is 20.7 Å². The molecule has 0 aromatic heterocycles. The first kappa shape index (κ1) is 10.3. The van der Waals surface area contributed by atoms with Crippen molar-refractivity contribution in [2.24, 2.45) is 5.84 Å². The number of carbonyl (C=O) groups is 1. The van der Waals surface area contributed by atoms with Crippen LogP contribution < -0.4 is 11.3 Å². The molecule has 6 N–H and O–H groups in total. The van der Waals surface area contributed by atoms with E-state index in [9.17, 15) is 4.79 Å². The first-order valence-corrected chi connectivity index (χ1v) is 3.76. The third kappa shape index (κ3) is 2.12. The lowest BCUT2D eigenvalue weighted by Crippen LogP contribution is -2.12. The Kier molecular flexibility index (Phi) is 2.90. The molecule has 0 radical (unpaired) electrons. The number of aliphatic carboxylic acids is 1. The molecular weight excluding hydrogens is 188 g/mol. The lowest BCUT2D eigenvalue weighted by atomic mass is 10.1. The molecule has 0 saturated heterocycles. The molecule has 0 aliphatic rings. The highest BCUT2D eigenvalue weighted by Crippen LogP contribution is 2.23. The molecule has 0 aliphatic carbocycles. The smallest absolute Gasteiger partial charge is 0.337 e. The van der Waals surface area contributed by atoms with Gasteiger partial charge in [-0.2, -0.15) is 0 Å². The number of hydrogen-bond acceptors (Lipinski definition) is 5. The Morgan fingerprint density at radius 1 is 1.43 bits per heavy atom. The van der Waals surface area contributed by atoms with Crippen molar-refractivity contribution >= 4 is 11.7 Å². The van der Waals surface area contributed by atoms with E-state index in [1.807, 2.05) is 0 Å². The van der Waals surface area contributed by atoms with E-state index >= 15 is 0 Å². The summed E-state index contributed by atoms with van der Waals surface area (Å²) >= 11 is 0. The fraction of sp³-hybridized carbons (Fsp3) is 0.125. The Morgan fingerprint density at radius 3 is 2.57 bits per heavy atom. The molecule has 0 spiro atoms. The van der Waals surface area contributed by atoms with E-state index in [1.165, 1.54) is 12.1 Å². The third-order valence-corrected chi connectivity index (χ3v) is 1.66. The molecule has 0 heterocycles. The highest BCUT2D eigenvalue weighted by Gasteiger charge is 2.16. The summed E-state index contributed by atoms with van der Waals surface area (Å²) in [7, 11) is 0. The molecule has 1 rings (SSSR count). The van der Waals surface area contributed by atoms with Gasteiger partial charge in [0.25, 0.3) is 0 Å². The van der Waals surface area contributed by atoms with Crippen LogP contribution in [0.2, 0.25) is 0 Å². The van der Waals surface area contributed by atoms with Gasteiger partial charge in [0.05, 0.1) is 5.69 Å². The van der Waals surface area contributed by atoms with Gasteiger partial charge in [0, 0.05) is 6.07 Å². The van der Waals surface area contributed by atoms with Crippen LogP contribution in [0.4, 0.5) is 5.69 Å². The Morgan fingerprint density at radius 2 is 2.07 bits per heavy atom. The molecule has 0 saturated carbocycles. The van der Waals surface area contributed by atoms with Crippen molar-refractivity contribution in [1.82, 2.24) is 0 Å². The molecule has 0 bridgehead atoms. The minimum atomic E-state index is -1.67. The third-order valence-electron chi connectivity index (χ3n) is 1.66. The van der Waals surface area contributed by atoms with Crippen LogP contribution in [0, 0.1) is 0 Å². The molecule has 6 heteroatoms. The lowest BCUT2D eigenvalue weighted by Gasteiger charge is -2.08. The lowest BCUT2D eigenvalue weighted by molar-refractivity contribution is -0.146. The zero-order chi connectivity index (χ0) is 10.7. The van der Waals surface area contributed by atoms with Gasteiger partial charge in [0.1, 0.15) is 5.75 Å². The summed E-state index contributed by atoms with van der Waals surface area (Å²) in [6.07, 6.45) is -1.67. The SMILES string of the molecule is NNc1cc(O)cc(C(O)C(=O)O)c1. The van der Waals surface area contributed by atoms with E-state index in [2.05, 4.69) is 5.43 Å². The maximum Gasteiger partial charge on any atom is 0.337 e. The van der Waals surface area contributed by atoms with Gasteiger partial charge in [-0.1, -0.05) is 0 Å². The largest absolute Gasteiger partial charge is 0.508 e. The molecular formula is C8H10N2O4. The second kappa shape index (κ2) is 3.95. The molecule has 1 atom stereocenters. The minimum absolute atomic E-state index is 0.0606. The molecule has 0 amide bonds. The first-order valence-electron chi connectivity index (χ1n) is 3.76. The number of phenols is 1. The molecule has 0 fully saturated rings. The highest BCUT2D eigenvalue weighted by atomic mass is 16.4. The monoisotopic (exact) mass is 198 g/mol. The van der Waals surface area contributed by atoms with Crippen molar-refractivity contribution < 1.29 is 20.1 Å². The van der Waals surface area contributed by atoms with Crippen LogP contribution in [0.25, 0.3) is 0 Å². The summed E-state index contributed by atoms with van der Waals surface area (Å²) in [6, 6.07) is 3.79. The van der Waals surface area contributed by atoms with Gasteiger partial charge in [-0.3, -0.25) is 5.84 Å². The number of carboxylic acids is 1. The first-order chi connectivity index (χ1) is 6.54.